The third-order valence-electron chi connectivity index (χ3n) is 5.25. The first-order valence-electron chi connectivity index (χ1n) is 8.95. The molecular formula is C19H25ClN2O3. The molecule has 25 heavy (non-hydrogen) atoms. The molecule has 3 rings (SSSR count). The van der Waals surface area contributed by atoms with E-state index in [-0.39, 0.29) is 29.8 Å². The summed E-state index contributed by atoms with van der Waals surface area (Å²) in [5.41, 5.74) is 0.835. The van der Waals surface area contributed by atoms with Crippen LogP contribution in [0.4, 0.5) is 0 Å². The summed E-state index contributed by atoms with van der Waals surface area (Å²) in [5.74, 6) is -0.200. The second-order valence-corrected chi connectivity index (χ2v) is 7.24. The van der Waals surface area contributed by atoms with Gasteiger partial charge in [-0.05, 0) is 37.3 Å². The fraction of sp³-hybridized carbons (Fsp3) is 0.579. The van der Waals surface area contributed by atoms with Gasteiger partial charge in [-0.15, -0.1) is 0 Å². The topological polar surface area (TPSA) is 58.6 Å². The number of rotatable bonds is 6. The van der Waals surface area contributed by atoms with Gasteiger partial charge < -0.3 is 15.0 Å². The zero-order valence-corrected chi connectivity index (χ0v) is 15.3. The predicted octanol–water partition coefficient (Wildman–Crippen LogP) is 2.93. The second kappa shape index (κ2) is 8.19. The molecule has 2 amide bonds. The number of hydrogen-bond donors (Lipinski definition) is 1. The van der Waals surface area contributed by atoms with Crippen LogP contribution in [0.1, 0.15) is 43.7 Å². The molecule has 0 spiro atoms. The quantitative estimate of drug-likeness (QED) is 0.844. The van der Waals surface area contributed by atoms with E-state index >= 15 is 0 Å². The molecule has 6 heteroatoms. The van der Waals surface area contributed by atoms with Crippen molar-refractivity contribution in [3.8, 4) is 0 Å². The largest absolute Gasteiger partial charge is 0.383 e. The monoisotopic (exact) mass is 364 g/mol. The van der Waals surface area contributed by atoms with Crippen molar-refractivity contribution in [3.63, 3.8) is 0 Å². The van der Waals surface area contributed by atoms with E-state index in [2.05, 4.69) is 5.32 Å². The second-order valence-electron chi connectivity index (χ2n) is 6.83. The Labute approximate surface area is 153 Å². The lowest BCUT2D eigenvalue weighted by Gasteiger charge is -2.42. The minimum Gasteiger partial charge on any atom is -0.383 e. The Morgan fingerprint density at radius 2 is 2.08 bits per heavy atom. The minimum absolute atomic E-state index is 0.0320. The highest BCUT2D eigenvalue weighted by atomic mass is 35.5. The number of likely N-dealkylation sites (tertiary alicyclic amines) is 1. The fourth-order valence-corrected chi connectivity index (χ4v) is 3.89. The van der Waals surface area contributed by atoms with Crippen molar-refractivity contribution in [2.75, 3.05) is 20.3 Å². The Kier molecular flexibility index (Phi) is 5.97. The van der Waals surface area contributed by atoms with Gasteiger partial charge in [-0.3, -0.25) is 9.59 Å². The maximum Gasteiger partial charge on any atom is 0.225 e. The van der Waals surface area contributed by atoms with E-state index in [0.717, 1.165) is 18.4 Å². The molecule has 0 aromatic heterocycles. The molecule has 1 N–H and O–H groups in total. The normalized spacial score (nSPS) is 24.1. The lowest BCUT2D eigenvalue weighted by atomic mass is 9.82. The Hall–Kier alpha value is -1.59. The minimum atomic E-state index is -0.342. The summed E-state index contributed by atoms with van der Waals surface area (Å²) in [6.45, 7) is 0.891. The SMILES string of the molecule is COCCN1C(=O)CC[C@@H](C(=O)NC2CCC2)[C@@H]1c1ccccc1Cl. The fourth-order valence-electron chi connectivity index (χ4n) is 3.64. The Morgan fingerprint density at radius 1 is 1.32 bits per heavy atom. The summed E-state index contributed by atoms with van der Waals surface area (Å²) in [4.78, 5) is 27.2. The van der Waals surface area contributed by atoms with Crippen LogP contribution in [0.3, 0.4) is 0 Å². The molecule has 136 valence electrons. The number of nitrogens with one attached hydrogen (secondary N) is 1. The standard InChI is InChI=1S/C19H25ClN2O3/c1-25-12-11-22-17(23)10-9-15(19(24)21-13-5-4-6-13)18(22)14-7-2-3-8-16(14)20/h2-3,7-8,13,15,18H,4-6,9-12H2,1H3,(H,21,24)/t15-,18+/m1/s1. The van der Waals surface area contributed by atoms with E-state index in [9.17, 15) is 9.59 Å². The van der Waals surface area contributed by atoms with Gasteiger partial charge >= 0.3 is 0 Å². The zero-order valence-electron chi connectivity index (χ0n) is 14.5. The summed E-state index contributed by atoms with van der Waals surface area (Å²) < 4.78 is 5.17. The first kappa shape index (κ1) is 18.2. The first-order chi connectivity index (χ1) is 12.1. The molecule has 1 saturated heterocycles. The van der Waals surface area contributed by atoms with Crippen LogP contribution < -0.4 is 5.32 Å². The molecule has 1 heterocycles. The molecule has 1 aliphatic heterocycles. The molecule has 1 saturated carbocycles. The van der Waals surface area contributed by atoms with Crippen LogP contribution >= 0.6 is 11.6 Å². The number of nitrogens with zero attached hydrogens (tertiary/aromatic N) is 1. The van der Waals surface area contributed by atoms with Crippen molar-refractivity contribution in [2.45, 2.75) is 44.2 Å². The summed E-state index contributed by atoms with van der Waals surface area (Å²) in [7, 11) is 1.61. The molecule has 1 aromatic rings. The molecule has 1 aromatic carbocycles. The lowest BCUT2D eigenvalue weighted by Crippen LogP contribution is -2.51. The number of methoxy groups -OCH3 is 1. The van der Waals surface area contributed by atoms with Crippen LogP contribution in [0, 0.1) is 5.92 Å². The third kappa shape index (κ3) is 3.98. The van der Waals surface area contributed by atoms with Gasteiger partial charge in [0, 0.05) is 31.1 Å². The van der Waals surface area contributed by atoms with Crippen molar-refractivity contribution >= 4 is 23.4 Å². The smallest absolute Gasteiger partial charge is 0.225 e. The summed E-state index contributed by atoms with van der Waals surface area (Å²) in [6.07, 6.45) is 4.19. The van der Waals surface area contributed by atoms with Crippen LogP contribution in [0.15, 0.2) is 24.3 Å². The average molecular weight is 365 g/mol. The van der Waals surface area contributed by atoms with Gasteiger partial charge in [-0.25, -0.2) is 0 Å². The van der Waals surface area contributed by atoms with Crippen molar-refractivity contribution in [2.24, 2.45) is 5.92 Å². The van der Waals surface area contributed by atoms with E-state index in [4.69, 9.17) is 16.3 Å². The van der Waals surface area contributed by atoms with Crippen molar-refractivity contribution in [1.82, 2.24) is 10.2 Å². The summed E-state index contributed by atoms with van der Waals surface area (Å²) >= 11 is 6.42. The molecule has 0 unspecified atom stereocenters. The maximum atomic E-state index is 12.9. The summed E-state index contributed by atoms with van der Waals surface area (Å²) in [6, 6.07) is 7.42. The number of halogens is 1. The van der Waals surface area contributed by atoms with Gasteiger partial charge in [-0.2, -0.15) is 0 Å². The number of benzene rings is 1. The Balaban J connectivity index is 1.89. The Morgan fingerprint density at radius 3 is 2.72 bits per heavy atom. The van der Waals surface area contributed by atoms with Crippen LogP contribution in [0.2, 0.25) is 5.02 Å². The Bertz CT molecular complexity index is 633. The van der Waals surface area contributed by atoms with Gasteiger partial charge in [0.25, 0.3) is 0 Å². The highest BCUT2D eigenvalue weighted by molar-refractivity contribution is 6.31. The number of ether oxygens (including phenoxy) is 1. The number of carbonyl (C=O) groups excluding carboxylic acids is 2. The van der Waals surface area contributed by atoms with Crippen molar-refractivity contribution in [3.05, 3.63) is 34.9 Å². The van der Waals surface area contributed by atoms with Crippen LogP contribution in [0.5, 0.6) is 0 Å². The molecule has 2 fully saturated rings. The van der Waals surface area contributed by atoms with E-state index < -0.39 is 0 Å². The van der Waals surface area contributed by atoms with Gasteiger partial charge in [0.05, 0.1) is 18.6 Å². The number of piperidine rings is 1. The first-order valence-corrected chi connectivity index (χ1v) is 9.33. The molecular weight excluding hydrogens is 340 g/mol. The van der Waals surface area contributed by atoms with Gasteiger partial charge in [-0.1, -0.05) is 29.8 Å². The number of carbonyl (C=O) groups is 2. The van der Waals surface area contributed by atoms with Crippen molar-refractivity contribution in [1.29, 1.82) is 0 Å². The number of amides is 2. The van der Waals surface area contributed by atoms with Crippen LogP contribution in [-0.4, -0.2) is 43.0 Å². The molecule has 2 aliphatic rings. The molecule has 1 aliphatic carbocycles. The lowest BCUT2D eigenvalue weighted by molar-refractivity contribution is -0.144. The van der Waals surface area contributed by atoms with E-state index in [1.54, 1.807) is 12.0 Å². The molecule has 0 radical (unpaired) electrons. The van der Waals surface area contributed by atoms with Gasteiger partial charge in [0.2, 0.25) is 11.8 Å². The molecule has 2 atom stereocenters. The van der Waals surface area contributed by atoms with Gasteiger partial charge in [0.1, 0.15) is 0 Å². The third-order valence-corrected chi connectivity index (χ3v) is 5.60. The van der Waals surface area contributed by atoms with E-state index in [1.807, 2.05) is 24.3 Å². The molecule has 5 nitrogen and oxygen atoms in total. The van der Waals surface area contributed by atoms with E-state index in [0.29, 0.717) is 31.0 Å². The maximum absolute atomic E-state index is 12.9. The number of hydrogen-bond acceptors (Lipinski definition) is 3. The van der Waals surface area contributed by atoms with Crippen molar-refractivity contribution < 1.29 is 14.3 Å². The summed E-state index contributed by atoms with van der Waals surface area (Å²) in [5, 5.41) is 3.73. The zero-order chi connectivity index (χ0) is 17.8. The highest BCUT2D eigenvalue weighted by Gasteiger charge is 2.41. The van der Waals surface area contributed by atoms with E-state index in [1.165, 1.54) is 6.42 Å². The average Bonchev–Trinajstić information content (AvgIpc) is 2.57. The molecule has 0 bridgehead atoms. The van der Waals surface area contributed by atoms with Crippen LogP contribution in [-0.2, 0) is 14.3 Å². The van der Waals surface area contributed by atoms with Gasteiger partial charge in [0.15, 0.2) is 0 Å². The highest BCUT2D eigenvalue weighted by Crippen LogP contribution is 2.40. The van der Waals surface area contributed by atoms with Crippen LogP contribution in [0.25, 0.3) is 0 Å². The predicted molar refractivity (Wildman–Crippen MR) is 96.3 cm³/mol.